The zero-order valence-corrected chi connectivity index (χ0v) is 11.5. The van der Waals surface area contributed by atoms with Crippen LogP contribution in [0, 0.1) is 0 Å². The molecule has 0 fully saturated rings. The lowest BCUT2D eigenvalue weighted by Crippen LogP contribution is -2.22. The lowest BCUT2D eigenvalue weighted by Gasteiger charge is -2.12. The molecule has 4 heteroatoms. The zero-order valence-electron chi connectivity index (χ0n) is 11.5. The first-order valence-electron chi connectivity index (χ1n) is 6.66. The van der Waals surface area contributed by atoms with Crippen molar-refractivity contribution >= 4 is 16.6 Å². The highest BCUT2D eigenvalue weighted by atomic mass is 16.5. The molecule has 0 aliphatic carbocycles. The number of aromatic nitrogens is 1. The molecule has 0 bridgehead atoms. The number of hydrogen-bond donors (Lipinski definition) is 2. The molecule has 1 atom stereocenters. The van der Waals surface area contributed by atoms with Crippen LogP contribution in [0.5, 0.6) is 5.75 Å². The number of nitrogens with zero attached hydrogens (tertiary/aromatic N) is 1. The highest BCUT2D eigenvalue weighted by Gasteiger charge is 2.04. The number of methoxy groups -OCH3 is 1. The van der Waals surface area contributed by atoms with E-state index in [1.165, 1.54) is 0 Å². The van der Waals surface area contributed by atoms with E-state index in [9.17, 15) is 0 Å². The van der Waals surface area contributed by atoms with Crippen molar-refractivity contribution in [1.29, 1.82) is 0 Å². The third-order valence-electron chi connectivity index (χ3n) is 3.31. The van der Waals surface area contributed by atoms with E-state index in [1.807, 2.05) is 30.5 Å². The Morgan fingerprint density at radius 3 is 2.95 bits per heavy atom. The quantitative estimate of drug-likeness (QED) is 0.837. The van der Waals surface area contributed by atoms with Crippen LogP contribution < -0.4 is 15.8 Å². The summed E-state index contributed by atoms with van der Waals surface area (Å²) in [6.07, 6.45) is 3.76. The van der Waals surface area contributed by atoms with Gasteiger partial charge in [-0.3, -0.25) is 0 Å². The molecule has 0 radical (unpaired) electrons. The fourth-order valence-corrected chi connectivity index (χ4v) is 2.00. The molecule has 1 heterocycles. The maximum absolute atomic E-state index is 5.91. The van der Waals surface area contributed by atoms with Crippen molar-refractivity contribution in [2.75, 3.05) is 19.0 Å². The largest absolute Gasteiger partial charge is 0.497 e. The van der Waals surface area contributed by atoms with Gasteiger partial charge in [0.2, 0.25) is 0 Å². The van der Waals surface area contributed by atoms with Crippen molar-refractivity contribution in [3.63, 3.8) is 0 Å². The Kier molecular flexibility index (Phi) is 4.58. The average Bonchev–Trinajstić information content (AvgIpc) is 2.46. The molecule has 1 aromatic heterocycles. The fourth-order valence-electron chi connectivity index (χ4n) is 2.00. The standard InChI is InChI=1S/C15H21N3O/c1-3-12(16)7-9-18-15-14-10-13(19-2)5-4-11(14)6-8-17-15/h4-6,8,10,12H,3,7,9,16H2,1-2H3,(H,17,18). The molecule has 0 amide bonds. The minimum absolute atomic E-state index is 0.247. The van der Waals surface area contributed by atoms with Gasteiger partial charge in [-0.15, -0.1) is 0 Å². The van der Waals surface area contributed by atoms with E-state index in [2.05, 4.69) is 17.2 Å². The van der Waals surface area contributed by atoms with E-state index in [0.717, 1.165) is 41.7 Å². The van der Waals surface area contributed by atoms with Crippen LogP contribution in [0.4, 0.5) is 5.82 Å². The molecule has 1 aromatic carbocycles. The molecule has 0 saturated carbocycles. The second-order valence-electron chi connectivity index (χ2n) is 4.63. The number of nitrogens with one attached hydrogen (secondary N) is 1. The monoisotopic (exact) mass is 259 g/mol. The van der Waals surface area contributed by atoms with Crippen LogP contribution in [-0.2, 0) is 0 Å². The van der Waals surface area contributed by atoms with E-state index in [4.69, 9.17) is 10.5 Å². The molecular weight excluding hydrogens is 238 g/mol. The van der Waals surface area contributed by atoms with Crippen LogP contribution >= 0.6 is 0 Å². The number of ether oxygens (including phenoxy) is 1. The number of rotatable bonds is 6. The number of nitrogens with two attached hydrogens (primary N) is 1. The summed E-state index contributed by atoms with van der Waals surface area (Å²) in [5.41, 5.74) is 5.91. The van der Waals surface area contributed by atoms with Gasteiger partial charge in [-0.25, -0.2) is 4.98 Å². The molecule has 1 unspecified atom stereocenters. The minimum Gasteiger partial charge on any atom is -0.497 e. The predicted molar refractivity (Wildman–Crippen MR) is 79.7 cm³/mol. The summed E-state index contributed by atoms with van der Waals surface area (Å²) in [6, 6.07) is 8.25. The van der Waals surface area contributed by atoms with E-state index >= 15 is 0 Å². The highest BCUT2D eigenvalue weighted by Crippen LogP contribution is 2.25. The SMILES string of the molecule is CCC(N)CCNc1nccc2ccc(OC)cc12. The third-order valence-corrected chi connectivity index (χ3v) is 3.31. The topological polar surface area (TPSA) is 60.2 Å². The van der Waals surface area contributed by atoms with Crippen molar-refractivity contribution in [1.82, 2.24) is 4.98 Å². The summed E-state index contributed by atoms with van der Waals surface area (Å²) < 4.78 is 5.26. The van der Waals surface area contributed by atoms with Crippen molar-refractivity contribution in [2.45, 2.75) is 25.8 Å². The third kappa shape index (κ3) is 3.35. The predicted octanol–water partition coefficient (Wildman–Crippen LogP) is 2.78. The molecule has 0 aliphatic heterocycles. The molecule has 2 rings (SSSR count). The van der Waals surface area contributed by atoms with Gasteiger partial charge in [-0.2, -0.15) is 0 Å². The molecule has 4 nitrogen and oxygen atoms in total. The lowest BCUT2D eigenvalue weighted by molar-refractivity contribution is 0.415. The fraction of sp³-hybridized carbons (Fsp3) is 0.400. The summed E-state index contributed by atoms with van der Waals surface area (Å²) in [7, 11) is 1.67. The first kappa shape index (κ1) is 13.6. The van der Waals surface area contributed by atoms with Gasteiger partial charge in [0, 0.05) is 24.2 Å². The minimum atomic E-state index is 0.247. The molecule has 3 N–H and O–H groups in total. The Labute approximate surface area is 114 Å². The molecular formula is C15H21N3O. The van der Waals surface area contributed by atoms with E-state index in [-0.39, 0.29) is 6.04 Å². The summed E-state index contributed by atoms with van der Waals surface area (Å²) >= 11 is 0. The van der Waals surface area contributed by atoms with Gasteiger partial charge in [-0.1, -0.05) is 13.0 Å². The van der Waals surface area contributed by atoms with Crippen LogP contribution in [0.3, 0.4) is 0 Å². The first-order valence-corrected chi connectivity index (χ1v) is 6.66. The zero-order chi connectivity index (χ0) is 13.7. The summed E-state index contributed by atoms with van der Waals surface area (Å²) in [6.45, 7) is 2.93. The molecule has 0 spiro atoms. The van der Waals surface area contributed by atoms with Crippen LogP contribution in [0.25, 0.3) is 10.8 Å². The Balaban J connectivity index is 2.17. The van der Waals surface area contributed by atoms with Crippen molar-refractivity contribution in [3.05, 3.63) is 30.5 Å². The molecule has 19 heavy (non-hydrogen) atoms. The van der Waals surface area contributed by atoms with Gasteiger partial charge in [0.25, 0.3) is 0 Å². The smallest absolute Gasteiger partial charge is 0.133 e. The van der Waals surface area contributed by atoms with Crippen LogP contribution in [0.1, 0.15) is 19.8 Å². The van der Waals surface area contributed by atoms with Crippen LogP contribution in [-0.4, -0.2) is 24.7 Å². The Hall–Kier alpha value is -1.81. The molecule has 2 aromatic rings. The van der Waals surface area contributed by atoms with Crippen molar-refractivity contribution < 1.29 is 4.74 Å². The first-order chi connectivity index (χ1) is 9.24. The number of benzene rings is 1. The number of fused-ring (bicyclic) bond motifs is 1. The maximum atomic E-state index is 5.91. The summed E-state index contributed by atoms with van der Waals surface area (Å²) in [4.78, 5) is 4.40. The number of anilines is 1. The van der Waals surface area contributed by atoms with E-state index in [1.54, 1.807) is 7.11 Å². The van der Waals surface area contributed by atoms with Gasteiger partial charge in [0.05, 0.1) is 7.11 Å². The lowest BCUT2D eigenvalue weighted by atomic mass is 10.1. The Morgan fingerprint density at radius 1 is 1.37 bits per heavy atom. The molecule has 0 saturated heterocycles. The Bertz CT molecular complexity index is 542. The normalized spacial score (nSPS) is 12.4. The van der Waals surface area contributed by atoms with E-state index < -0.39 is 0 Å². The Morgan fingerprint density at radius 2 is 2.21 bits per heavy atom. The summed E-state index contributed by atoms with van der Waals surface area (Å²) in [5, 5.41) is 5.58. The van der Waals surface area contributed by atoms with E-state index in [0.29, 0.717) is 0 Å². The van der Waals surface area contributed by atoms with Crippen molar-refractivity contribution in [2.24, 2.45) is 5.73 Å². The van der Waals surface area contributed by atoms with Gasteiger partial charge in [-0.05, 0) is 36.4 Å². The molecule has 102 valence electrons. The maximum Gasteiger partial charge on any atom is 0.133 e. The van der Waals surface area contributed by atoms with Crippen LogP contribution in [0.2, 0.25) is 0 Å². The van der Waals surface area contributed by atoms with Gasteiger partial charge in [0.1, 0.15) is 11.6 Å². The van der Waals surface area contributed by atoms with Gasteiger partial charge < -0.3 is 15.8 Å². The van der Waals surface area contributed by atoms with Gasteiger partial charge >= 0.3 is 0 Å². The average molecular weight is 259 g/mol. The van der Waals surface area contributed by atoms with Crippen molar-refractivity contribution in [3.8, 4) is 5.75 Å². The molecule has 0 aliphatic rings. The van der Waals surface area contributed by atoms with Gasteiger partial charge in [0.15, 0.2) is 0 Å². The van der Waals surface area contributed by atoms with Crippen LogP contribution in [0.15, 0.2) is 30.5 Å². The second-order valence-corrected chi connectivity index (χ2v) is 4.63. The number of hydrogen-bond acceptors (Lipinski definition) is 4. The summed E-state index contributed by atoms with van der Waals surface area (Å²) in [5.74, 6) is 1.73. The number of pyridine rings is 1. The second kappa shape index (κ2) is 6.38. The highest BCUT2D eigenvalue weighted by molar-refractivity contribution is 5.92.